The van der Waals surface area contributed by atoms with Gasteiger partial charge in [0.05, 0.1) is 6.34 Å². The number of hydrogen-bond donors (Lipinski definition) is 1. The highest BCUT2D eigenvalue weighted by atomic mass is 16.1. The predicted molar refractivity (Wildman–Crippen MR) is 96.0 cm³/mol. The zero-order valence-corrected chi connectivity index (χ0v) is 15.3. The van der Waals surface area contributed by atoms with Gasteiger partial charge >= 0.3 is 0 Å². The number of amides is 1. The standard InChI is InChI=1S/C18H33N3O/c1-8-10-12-15(5)21(7)13-19-18(22)16(6)17(11-9-2)20-14(3)4/h9,11,13-15,20H,8,10,12H2,1-7H3/b11-9-,17-16-,19-13?. The van der Waals surface area contributed by atoms with Crippen molar-refractivity contribution >= 4 is 12.2 Å². The Morgan fingerprint density at radius 2 is 1.95 bits per heavy atom. The molecule has 0 saturated heterocycles. The minimum atomic E-state index is -0.198. The highest BCUT2D eigenvalue weighted by Crippen LogP contribution is 2.08. The van der Waals surface area contributed by atoms with Crippen molar-refractivity contribution in [2.24, 2.45) is 4.99 Å². The van der Waals surface area contributed by atoms with Crippen molar-refractivity contribution in [2.45, 2.75) is 72.9 Å². The summed E-state index contributed by atoms with van der Waals surface area (Å²) < 4.78 is 0. The lowest BCUT2D eigenvalue weighted by Gasteiger charge is -2.21. The lowest BCUT2D eigenvalue weighted by molar-refractivity contribution is -0.114. The summed E-state index contributed by atoms with van der Waals surface area (Å²) >= 11 is 0. The van der Waals surface area contributed by atoms with Gasteiger partial charge in [-0.1, -0.05) is 25.8 Å². The second kappa shape index (κ2) is 11.0. The van der Waals surface area contributed by atoms with E-state index in [1.54, 1.807) is 6.34 Å². The van der Waals surface area contributed by atoms with Gasteiger partial charge in [0.15, 0.2) is 0 Å². The number of carbonyl (C=O) groups excluding carboxylic acids is 1. The Morgan fingerprint density at radius 1 is 1.32 bits per heavy atom. The van der Waals surface area contributed by atoms with E-state index in [1.807, 2.05) is 51.8 Å². The summed E-state index contributed by atoms with van der Waals surface area (Å²) in [6.45, 7) is 12.2. The van der Waals surface area contributed by atoms with Crippen molar-refractivity contribution in [3.05, 3.63) is 23.4 Å². The molecule has 0 aliphatic carbocycles. The molecule has 1 unspecified atom stereocenters. The molecule has 22 heavy (non-hydrogen) atoms. The maximum Gasteiger partial charge on any atom is 0.276 e. The molecule has 126 valence electrons. The minimum Gasteiger partial charge on any atom is -0.383 e. The summed E-state index contributed by atoms with van der Waals surface area (Å²) in [6, 6.07) is 0.666. The maximum atomic E-state index is 12.2. The molecule has 1 atom stereocenters. The maximum absolute atomic E-state index is 12.2. The first-order valence-corrected chi connectivity index (χ1v) is 8.23. The van der Waals surface area contributed by atoms with E-state index in [1.165, 1.54) is 12.8 Å². The molecule has 4 heteroatoms. The normalized spacial score (nSPS) is 14.5. The molecule has 0 saturated carbocycles. The number of allylic oxidation sites excluding steroid dienone is 2. The SMILES string of the molecule is C/C=C\C(NC(C)C)=C(/C)C(=O)N=CN(C)C(C)CCCC. The zero-order valence-electron chi connectivity index (χ0n) is 15.3. The third-order valence-electron chi connectivity index (χ3n) is 3.53. The van der Waals surface area contributed by atoms with E-state index in [4.69, 9.17) is 0 Å². The van der Waals surface area contributed by atoms with Crippen molar-refractivity contribution in [2.75, 3.05) is 7.05 Å². The van der Waals surface area contributed by atoms with Crippen molar-refractivity contribution in [3.8, 4) is 0 Å². The summed E-state index contributed by atoms with van der Waals surface area (Å²) in [4.78, 5) is 18.3. The van der Waals surface area contributed by atoms with Crippen LogP contribution in [-0.4, -0.2) is 36.3 Å². The zero-order chi connectivity index (χ0) is 17.1. The number of nitrogens with zero attached hydrogens (tertiary/aromatic N) is 2. The largest absolute Gasteiger partial charge is 0.383 e. The molecule has 1 amide bonds. The highest BCUT2D eigenvalue weighted by Gasteiger charge is 2.10. The first-order chi connectivity index (χ1) is 10.3. The molecule has 1 N–H and O–H groups in total. The van der Waals surface area contributed by atoms with Gasteiger partial charge in [-0.25, -0.2) is 0 Å². The van der Waals surface area contributed by atoms with Crippen molar-refractivity contribution < 1.29 is 4.79 Å². The first-order valence-electron chi connectivity index (χ1n) is 8.23. The van der Waals surface area contributed by atoms with Gasteiger partial charge in [0.25, 0.3) is 5.91 Å². The second-order valence-corrected chi connectivity index (χ2v) is 6.04. The number of carbonyl (C=O) groups is 1. The van der Waals surface area contributed by atoms with Crippen LogP contribution in [0.5, 0.6) is 0 Å². The van der Waals surface area contributed by atoms with Crippen molar-refractivity contribution in [1.82, 2.24) is 10.2 Å². The molecule has 4 nitrogen and oxygen atoms in total. The molecule has 0 radical (unpaired) electrons. The van der Waals surface area contributed by atoms with E-state index in [0.717, 1.165) is 12.1 Å². The van der Waals surface area contributed by atoms with E-state index in [9.17, 15) is 4.79 Å². The fourth-order valence-electron chi connectivity index (χ4n) is 1.93. The highest BCUT2D eigenvalue weighted by molar-refractivity contribution is 5.98. The Bertz CT molecular complexity index is 422. The van der Waals surface area contributed by atoms with Gasteiger partial charge in [-0.05, 0) is 47.1 Å². The molecule has 0 spiro atoms. The van der Waals surface area contributed by atoms with Crippen LogP contribution in [-0.2, 0) is 4.79 Å². The lowest BCUT2D eigenvalue weighted by atomic mass is 10.1. The molecule has 0 rings (SSSR count). The van der Waals surface area contributed by atoms with Gasteiger partial charge in [-0.3, -0.25) is 4.79 Å². The average Bonchev–Trinajstić information content (AvgIpc) is 2.48. The van der Waals surface area contributed by atoms with Gasteiger partial charge in [0.2, 0.25) is 0 Å². The van der Waals surface area contributed by atoms with Crippen LogP contribution in [0.25, 0.3) is 0 Å². The number of nitrogens with one attached hydrogen (secondary N) is 1. The van der Waals surface area contributed by atoms with Crippen molar-refractivity contribution in [3.63, 3.8) is 0 Å². The third-order valence-corrected chi connectivity index (χ3v) is 3.53. The van der Waals surface area contributed by atoms with E-state index in [0.29, 0.717) is 11.6 Å². The van der Waals surface area contributed by atoms with Gasteiger partial charge < -0.3 is 10.2 Å². The molecule has 0 fully saturated rings. The molecule has 0 aromatic rings. The fraction of sp³-hybridized carbons (Fsp3) is 0.667. The second-order valence-electron chi connectivity index (χ2n) is 6.04. The molecule has 0 aliphatic rings. The number of hydrogen-bond acceptors (Lipinski definition) is 2. The Labute approximate surface area is 136 Å². The first kappa shape index (κ1) is 20.4. The Hall–Kier alpha value is -1.58. The van der Waals surface area contributed by atoms with Crippen LogP contribution in [0.15, 0.2) is 28.4 Å². The van der Waals surface area contributed by atoms with Crippen LogP contribution < -0.4 is 5.32 Å². The summed E-state index contributed by atoms with van der Waals surface area (Å²) in [5.74, 6) is -0.198. The van der Waals surface area contributed by atoms with Gasteiger partial charge in [-0.2, -0.15) is 4.99 Å². The van der Waals surface area contributed by atoms with E-state index < -0.39 is 0 Å². The summed E-state index contributed by atoms with van der Waals surface area (Å²) in [6.07, 6.45) is 8.97. The van der Waals surface area contributed by atoms with Gasteiger partial charge in [0, 0.05) is 30.4 Å². The number of aliphatic imine (C=N–C) groups is 1. The topological polar surface area (TPSA) is 44.7 Å². The number of unbranched alkanes of at least 4 members (excludes halogenated alkanes) is 1. The average molecular weight is 307 g/mol. The van der Waals surface area contributed by atoms with Crippen LogP contribution in [0, 0.1) is 0 Å². The van der Waals surface area contributed by atoms with Crippen molar-refractivity contribution in [1.29, 1.82) is 0 Å². The minimum absolute atomic E-state index is 0.198. The van der Waals surface area contributed by atoms with E-state index >= 15 is 0 Å². The van der Waals surface area contributed by atoms with Gasteiger partial charge in [0.1, 0.15) is 0 Å². The summed E-state index contributed by atoms with van der Waals surface area (Å²) in [7, 11) is 1.97. The Kier molecular flexibility index (Phi) is 10.3. The fourth-order valence-corrected chi connectivity index (χ4v) is 1.93. The molecular weight excluding hydrogens is 274 g/mol. The predicted octanol–water partition coefficient (Wildman–Crippen LogP) is 3.90. The smallest absolute Gasteiger partial charge is 0.276 e. The molecule has 0 aromatic heterocycles. The molecule has 0 bridgehead atoms. The molecule has 0 aliphatic heterocycles. The van der Waals surface area contributed by atoms with Crippen LogP contribution >= 0.6 is 0 Å². The molecule has 0 heterocycles. The molecule has 0 aromatic carbocycles. The van der Waals surface area contributed by atoms with Crippen LogP contribution in [0.3, 0.4) is 0 Å². The monoisotopic (exact) mass is 307 g/mol. The number of rotatable bonds is 9. The molecular formula is C18H33N3O. The summed E-state index contributed by atoms with van der Waals surface area (Å²) in [5.41, 5.74) is 1.47. The van der Waals surface area contributed by atoms with Gasteiger partial charge in [-0.15, -0.1) is 0 Å². The third kappa shape index (κ3) is 8.01. The van der Waals surface area contributed by atoms with Crippen LogP contribution in [0.2, 0.25) is 0 Å². The van der Waals surface area contributed by atoms with Crippen LogP contribution in [0.1, 0.15) is 60.8 Å². The summed E-state index contributed by atoms with van der Waals surface area (Å²) in [5, 5.41) is 3.28. The van der Waals surface area contributed by atoms with E-state index in [2.05, 4.69) is 24.2 Å². The Balaban J connectivity index is 4.89. The Morgan fingerprint density at radius 3 is 2.45 bits per heavy atom. The van der Waals surface area contributed by atoms with Crippen LogP contribution in [0.4, 0.5) is 0 Å². The lowest BCUT2D eigenvalue weighted by Crippen LogP contribution is -2.28. The quantitative estimate of drug-likeness (QED) is 0.304. The van der Waals surface area contributed by atoms with E-state index in [-0.39, 0.29) is 11.9 Å².